The van der Waals surface area contributed by atoms with Gasteiger partial charge in [0.2, 0.25) is 0 Å². The Morgan fingerprint density at radius 1 is 1.21 bits per heavy atom. The molecule has 0 aliphatic carbocycles. The lowest BCUT2D eigenvalue weighted by Gasteiger charge is -2.07. The van der Waals surface area contributed by atoms with Gasteiger partial charge in [0.1, 0.15) is 5.25 Å². The third-order valence-corrected chi connectivity index (χ3v) is 2.82. The second kappa shape index (κ2) is 4.85. The molecular weight excluding hydrogens is 200 g/mol. The monoisotopic (exact) mass is 210 g/mol. The topological polar surface area (TPSA) is 59.9 Å². The van der Waals surface area contributed by atoms with E-state index in [0.717, 1.165) is 11.8 Å². The van der Waals surface area contributed by atoms with Crippen LogP contribution in [0.3, 0.4) is 0 Å². The van der Waals surface area contributed by atoms with Crippen molar-refractivity contribution in [2.24, 2.45) is 0 Å². The quantitative estimate of drug-likeness (QED) is 0.423. The second-order valence-electron chi connectivity index (χ2n) is 2.75. The fourth-order valence-electron chi connectivity index (χ4n) is 0.904. The van der Waals surface area contributed by atoms with Gasteiger partial charge in [-0.2, -0.15) is 0 Å². The largest absolute Gasteiger partial charge is 0.298 e. The predicted octanol–water partition coefficient (Wildman–Crippen LogP) is 1.12. The zero-order valence-corrected chi connectivity index (χ0v) is 8.75. The van der Waals surface area contributed by atoms with Crippen LogP contribution in [0.2, 0.25) is 0 Å². The Labute approximate surface area is 86.1 Å². The summed E-state index contributed by atoms with van der Waals surface area (Å²) in [5, 5.41) is -0.236. The van der Waals surface area contributed by atoms with Crippen molar-refractivity contribution in [3.8, 4) is 0 Å². The Morgan fingerprint density at radius 2 is 1.71 bits per heavy atom. The van der Waals surface area contributed by atoms with Gasteiger partial charge in [-0.15, -0.1) is 0 Å². The lowest BCUT2D eigenvalue weighted by molar-refractivity contribution is -0.123. The van der Waals surface area contributed by atoms with Gasteiger partial charge in [0.05, 0.1) is 0 Å². The maximum atomic E-state index is 11.1. The van der Waals surface area contributed by atoms with Crippen molar-refractivity contribution < 1.29 is 9.59 Å². The van der Waals surface area contributed by atoms with E-state index < -0.39 is 5.25 Å². The van der Waals surface area contributed by atoms with Crippen LogP contribution in [0.5, 0.6) is 0 Å². The number of Topliss-reactive ketones (excluding diaryl/α,β-unsaturated/α-hetero) is 2. The normalized spacial score (nSPS) is 10.2. The van der Waals surface area contributed by atoms with Crippen molar-refractivity contribution >= 4 is 23.3 Å². The molecule has 0 unspecified atom stereocenters. The number of hydrogen-bond donors (Lipinski definition) is 0. The second-order valence-corrected chi connectivity index (χ2v) is 3.82. The molecule has 14 heavy (non-hydrogen) atoms. The van der Waals surface area contributed by atoms with Crippen LogP contribution >= 0.6 is 11.8 Å². The molecule has 0 bridgehead atoms. The van der Waals surface area contributed by atoms with Crippen LogP contribution in [0.4, 0.5) is 0 Å². The number of nitrogens with zero attached hydrogens (tertiary/aromatic N) is 2. The molecular formula is C9H10N2O2S. The third kappa shape index (κ3) is 2.92. The van der Waals surface area contributed by atoms with E-state index in [1.165, 1.54) is 13.8 Å². The van der Waals surface area contributed by atoms with E-state index in [1.807, 2.05) is 0 Å². The molecule has 1 aromatic heterocycles. The van der Waals surface area contributed by atoms with Gasteiger partial charge in [-0.3, -0.25) is 9.59 Å². The minimum absolute atomic E-state index is 0.171. The smallest absolute Gasteiger partial charge is 0.188 e. The average Bonchev–Trinajstić information content (AvgIpc) is 2.15. The molecule has 74 valence electrons. The molecule has 1 rings (SSSR count). The highest BCUT2D eigenvalue weighted by Gasteiger charge is 2.21. The van der Waals surface area contributed by atoms with Gasteiger partial charge >= 0.3 is 0 Å². The molecule has 0 aliphatic heterocycles. The third-order valence-electron chi connectivity index (χ3n) is 1.50. The number of carbonyl (C=O) groups excluding carboxylic acids is 2. The van der Waals surface area contributed by atoms with Crippen molar-refractivity contribution in [1.29, 1.82) is 0 Å². The fourth-order valence-corrected chi connectivity index (χ4v) is 1.69. The van der Waals surface area contributed by atoms with E-state index >= 15 is 0 Å². The van der Waals surface area contributed by atoms with Crippen molar-refractivity contribution in [2.45, 2.75) is 24.3 Å². The summed E-state index contributed by atoms with van der Waals surface area (Å²) in [6.45, 7) is 2.78. The Hall–Kier alpha value is -1.23. The highest BCUT2D eigenvalue weighted by Crippen LogP contribution is 2.19. The first kappa shape index (κ1) is 10.8. The van der Waals surface area contributed by atoms with Gasteiger partial charge in [0.25, 0.3) is 0 Å². The molecule has 1 aromatic rings. The first-order valence-corrected chi connectivity index (χ1v) is 4.94. The molecule has 0 N–H and O–H groups in total. The lowest BCUT2D eigenvalue weighted by Crippen LogP contribution is -2.22. The van der Waals surface area contributed by atoms with Gasteiger partial charge in [0.15, 0.2) is 16.7 Å². The fraction of sp³-hybridized carbons (Fsp3) is 0.333. The van der Waals surface area contributed by atoms with Gasteiger partial charge in [-0.1, -0.05) is 11.8 Å². The maximum Gasteiger partial charge on any atom is 0.188 e. The van der Waals surface area contributed by atoms with E-state index in [1.54, 1.807) is 18.5 Å². The molecule has 0 saturated carbocycles. The van der Waals surface area contributed by atoms with E-state index in [0.29, 0.717) is 5.16 Å². The van der Waals surface area contributed by atoms with E-state index in [4.69, 9.17) is 0 Å². The summed E-state index contributed by atoms with van der Waals surface area (Å²) >= 11 is 1.08. The molecule has 0 spiro atoms. The van der Waals surface area contributed by atoms with E-state index in [2.05, 4.69) is 9.97 Å². The number of ketones is 2. The molecule has 1 heterocycles. The standard InChI is InChI=1S/C9H10N2O2S/c1-6(12)8(7(2)13)14-9-10-4-3-5-11-9/h3-5,8H,1-2H3. The molecule has 5 heteroatoms. The van der Waals surface area contributed by atoms with Crippen LogP contribution in [0.25, 0.3) is 0 Å². The van der Waals surface area contributed by atoms with Crippen molar-refractivity contribution in [1.82, 2.24) is 9.97 Å². The summed E-state index contributed by atoms with van der Waals surface area (Å²) in [5.41, 5.74) is 0. The predicted molar refractivity (Wildman–Crippen MR) is 53.0 cm³/mol. The molecule has 0 atom stereocenters. The van der Waals surface area contributed by atoms with E-state index in [-0.39, 0.29) is 11.6 Å². The molecule has 0 aromatic carbocycles. The minimum atomic E-state index is -0.683. The molecule has 0 radical (unpaired) electrons. The van der Waals surface area contributed by atoms with Crippen LogP contribution in [0, 0.1) is 0 Å². The van der Waals surface area contributed by atoms with Crippen molar-refractivity contribution in [3.05, 3.63) is 18.5 Å². The number of aromatic nitrogens is 2. The highest BCUT2D eigenvalue weighted by molar-refractivity contribution is 8.01. The summed E-state index contributed by atoms with van der Waals surface area (Å²) in [5.74, 6) is -0.343. The number of hydrogen-bond acceptors (Lipinski definition) is 5. The number of rotatable bonds is 4. The summed E-state index contributed by atoms with van der Waals surface area (Å²) in [6.07, 6.45) is 3.15. The van der Waals surface area contributed by atoms with Crippen LogP contribution in [0.15, 0.2) is 23.6 Å². The molecule has 0 aliphatic rings. The molecule has 0 amide bonds. The highest BCUT2D eigenvalue weighted by atomic mass is 32.2. The van der Waals surface area contributed by atoms with Crippen molar-refractivity contribution in [3.63, 3.8) is 0 Å². The Morgan fingerprint density at radius 3 is 2.14 bits per heavy atom. The summed E-state index contributed by atoms with van der Waals surface area (Å²) in [4.78, 5) is 30.0. The lowest BCUT2D eigenvalue weighted by atomic mass is 10.2. The zero-order chi connectivity index (χ0) is 10.6. The zero-order valence-electron chi connectivity index (χ0n) is 7.93. The Bertz CT molecular complexity index is 326. The Balaban J connectivity index is 2.75. The summed E-state index contributed by atoms with van der Waals surface area (Å²) in [7, 11) is 0. The van der Waals surface area contributed by atoms with Crippen LogP contribution in [-0.4, -0.2) is 26.8 Å². The van der Waals surface area contributed by atoms with Crippen LogP contribution in [-0.2, 0) is 9.59 Å². The molecule has 4 nitrogen and oxygen atoms in total. The average molecular weight is 210 g/mol. The van der Waals surface area contributed by atoms with Gasteiger partial charge < -0.3 is 0 Å². The number of carbonyl (C=O) groups is 2. The van der Waals surface area contributed by atoms with E-state index in [9.17, 15) is 9.59 Å². The molecule has 0 saturated heterocycles. The van der Waals surface area contributed by atoms with Crippen LogP contribution in [0.1, 0.15) is 13.8 Å². The van der Waals surface area contributed by atoms with Gasteiger partial charge in [0, 0.05) is 12.4 Å². The first-order valence-electron chi connectivity index (χ1n) is 4.06. The first-order chi connectivity index (χ1) is 6.61. The SMILES string of the molecule is CC(=O)C(Sc1ncccn1)C(C)=O. The number of thioether (sulfide) groups is 1. The molecule has 0 fully saturated rings. The van der Waals surface area contributed by atoms with Crippen LogP contribution < -0.4 is 0 Å². The Kier molecular flexibility index (Phi) is 3.76. The van der Waals surface area contributed by atoms with Gasteiger partial charge in [-0.25, -0.2) is 9.97 Å². The van der Waals surface area contributed by atoms with Crippen molar-refractivity contribution in [2.75, 3.05) is 0 Å². The van der Waals surface area contributed by atoms with Gasteiger partial charge in [-0.05, 0) is 19.9 Å². The minimum Gasteiger partial charge on any atom is -0.298 e. The summed E-state index contributed by atoms with van der Waals surface area (Å²) < 4.78 is 0. The summed E-state index contributed by atoms with van der Waals surface area (Å²) in [6, 6.07) is 1.68. The maximum absolute atomic E-state index is 11.1.